The van der Waals surface area contributed by atoms with Crippen LogP contribution in [0.3, 0.4) is 0 Å². The third kappa shape index (κ3) is 7.29. The van der Waals surface area contributed by atoms with Crippen molar-refractivity contribution in [2.75, 3.05) is 25.1 Å². The third-order valence-corrected chi connectivity index (χ3v) is 5.82. The first-order chi connectivity index (χ1) is 16.0. The quantitative estimate of drug-likeness (QED) is 0.421. The van der Waals surface area contributed by atoms with Crippen molar-refractivity contribution in [3.05, 3.63) is 59.3 Å². The minimum atomic E-state index is -0.958. The molecule has 0 saturated carbocycles. The Kier molecular flexibility index (Phi) is 9.24. The van der Waals surface area contributed by atoms with Crippen molar-refractivity contribution in [3.8, 4) is 0 Å². The Morgan fingerprint density at radius 2 is 1.91 bits per heavy atom. The van der Waals surface area contributed by atoms with Crippen molar-refractivity contribution < 1.29 is 23.8 Å². The van der Waals surface area contributed by atoms with Gasteiger partial charge in [-0.2, -0.15) is 0 Å². The normalized spacial score (nSPS) is 18.1. The molecular weight excluding hydrogens is 420 g/mol. The number of esters is 2. The summed E-state index contributed by atoms with van der Waals surface area (Å²) in [7, 11) is 0. The maximum atomic E-state index is 12.3. The molecule has 0 radical (unpaired) electrons. The Balaban J connectivity index is 1.58. The number of benzene rings is 1. The molecule has 7 nitrogen and oxygen atoms in total. The van der Waals surface area contributed by atoms with Gasteiger partial charge in [0.2, 0.25) is 0 Å². The predicted octanol–water partition coefficient (Wildman–Crippen LogP) is 4.40. The van der Waals surface area contributed by atoms with Crippen LogP contribution in [0.5, 0.6) is 0 Å². The van der Waals surface area contributed by atoms with Gasteiger partial charge in [-0.25, -0.2) is 4.98 Å². The van der Waals surface area contributed by atoms with Gasteiger partial charge >= 0.3 is 11.9 Å². The highest BCUT2D eigenvalue weighted by Gasteiger charge is 2.35. The van der Waals surface area contributed by atoms with E-state index < -0.39 is 17.9 Å². The van der Waals surface area contributed by atoms with Gasteiger partial charge in [-0.15, -0.1) is 0 Å². The third-order valence-electron chi connectivity index (χ3n) is 5.82. The molecule has 0 amide bonds. The van der Waals surface area contributed by atoms with Gasteiger partial charge in [0.25, 0.3) is 0 Å². The van der Waals surface area contributed by atoms with E-state index in [9.17, 15) is 9.59 Å². The highest BCUT2D eigenvalue weighted by molar-refractivity contribution is 5.94. The number of nitrogens with one attached hydrogen (secondary N) is 1. The van der Waals surface area contributed by atoms with Crippen LogP contribution < -0.4 is 5.32 Å². The van der Waals surface area contributed by atoms with Crippen molar-refractivity contribution >= 4 is 17.8 Å². The van der Waals surface area contributed by atoms with E-state index in [1.807, 2.05) is 12.3 Å². The molecule has 7 heteroatoms. The smallest absolute Gasteiger partial charge is 0.320 e. The number of carbonyl (C=O) groups excluding carboxylic acids is 2. The summed E-state index contributed by atoms with van der Waals surface area (Å²) in [4.78, 5) is 29.2. The van der Waals surface area contributed by atoms with Crippen LogP contribution in [0.1, 0.15) is 55.7 Å². The van der Waals surface area contributed by atoms with E-state index in [1.165, 1.54) is 11.1 Å². The second kappa shape index (κ2) is 12.3. The molecule has 1 saturated heterocycles. The molecule has 0 aliphatic carbocycles. The van der Waals surface area contributed by atoms with E-state index in [0.29, 0.717) is 13.0 Å². The number of rotatable bonds is 10. The van der Waals surface area contributed by atoms with Crippen molar-refractivity contribution in [2.45, 2.75) is 58.6 Å². The van der Waals surface area contributed by atoms with E-state index in [1.54, 1.807) is 13.8 Å². The number of nitrogens with zero attached hydrogens (tertiary/aromatic N) is 1. The number of aromatic nitrogens is 1. The molecule has 0 unspecified atom stereocenters. The number of pyridine rings is 1. The molecule has 2 atom stereocenters. The van der Waals surface area contributed by atoms with Crippen LogP contribution in [0.25, 0.3) is 0 Å². The van der Waals surface area contributed by atoms with Crippen LogP contribution in [0.15, 0.2) is 42.6 Å². The lowest BCUT2D eigenvalue weighted by Crippen LogP contribution is -2.35. The summed E-state index contributed by atoms with van der Waals surface area (Å²) in [6.07, 6.45) is 3.53. The van der Waals surface area contributed by atoms with Gasteiger partial charge in [-0.05, 0) is 63.1 Å². The lowest BCUT2D eigenvalue weighted by Gasteiger charge is -2.31. The van der Waals surface area contributed by atoms with Crippen LogP contribution in [0, 0.1) is 12.8 Å². The molecule has 1 aliphatic heterocycles. The highest BCUT2D eigenvalue weighted by atomic mass is 16.6. The fourth-order valence-electron chi connectivity index (χ4n) is 4.15. The Morgan fingerprint density at radius 1 is 1.15 bits per heavy atom. The first-order valence-corrected chi connectivity index (χ1v) is 11.7. The van der Waals surface area contributed by atoms with Crippen LogP contribution in [-0.4, -0.2) is 42.8 Å². The molecular formula is C26H34N2O5. The van der Waals surface area contributed by atoms with Crippen molar-refractivity contribution in [2.24, 2.45) is 5.92 Å². The summed E-state index contributed by atoms with van der Waals surface area (Å²) in [6, 6.07) is 12.5. The van der Waals surface area contributed by atoms with Crippen LogP contribution in [-0.2, 0) is 30.3 Å². The van der Waals surface area contributed by atoms with Crippen molar-refractivity contribution in [3.63, 3.8) is 0 Å². The molecule has 33 heavy (non-hydrogen) atoms. The Bertz CT molecular complexity index is 897. The van der Waals surface area contributed by atoms with Gasteiger partial charge < -0.3 is 19.5 Å². The molecule has 1 aliphatic rings. The number of anilines is 1. The molecule has 1 fully saturated rings. The fraction of sp³-hybridized carbons (Fsp3) is 0.500. The molecule has 178 valence electrons. The Morgan fingerprint density at radius 3 is 2.55 bits per heavy atom. The van der Waals surface area contributed by atoms with Crippen LogP contribution >= 0.6 is 0 Å². The molecule has 1 N–H and O–H groups in total. The summed E-state index contributed by atoms with van der Waals surface area (Å²) in [5.74, 6) is -0.972. The highest BCUT2D eigenvalue weighted by Crippen LogP contribution is 2.33. The largest absolute Gasteiger partial charge is 0.465 e. The first-order valence-electron chi connectivity index (χ1n) is 11.7. The Labute approximate surface area is 195 Å². The summed E-state index contributed by atoms with van der Waals surface area (Å²) in [5.41, 5.74) is 3.58. The summed E-state index contributed by atoms with van der Waals surface area (Å²) in [6.45, 7) is 7.26. The zero-order valence-corrected chi connectivity index (χ0v) is 19.7. The molecule has 1 aromatic carbocycles. The zero-order chi connectivity index (χ0) is 23.6. The summed E-state index contributed by atoms with van der Waals surface area (Å²) in [5, 5.41) is 3.36. The maximum Gasteiger partial charge on any atom is 0.320 e. The van der Waals surface area contributed by atoms with E-state index >= 15 is 0 Å². The lowest BCUT2D eigenvalue weighted by atomic mass is 9.86. The average Bonchev–Trinajstić information content (AvgIpc) is 2.82. The molecule has 3 rings (SSSR count). The molecule has 0 bridgehead atoms. The van der Waals surface area contributed by atoms with Crippen molar-refractivity contribution in [1.29, 1.82) is 0 Å². The molecule has 0 spiro atoms. The Hall–Kier alpha value is -2.93. The maximum absolute atomic E-state index is 12.3. The summed E-state index contributed by atoms with van der Waals surface area (Å²) >= 11 is 0. The fourth-order valence-corrected chi connectivity index (χ4v) is 4.15. The lowest BCUT2D eigenvalue weighted by molar-refractivity contribution is -0.164. The van der Waals surface area contributed by atoms with Gasteiger partial charge in [0.1, 0.15) is 5.82 Å². The van der Waals surface area contributed by atoms with Crippen LogP contribution in [0.2, 0.25) is 0 Å². The summed E-state index contributed by atoms with van der Waals surface area (Å²) < 4.78 is 16.1. The number of aryl methyl sites for hydroxylation is 1. The van der Waals surface area contributed by atoms with Gasteiger partial charge in [0.05, 0.1) is 19.3 Å². The minimum absolute atomic E-state index is 0.221. The number of hydrogen-bond acceptors (Lipinski definition) is 7. The second-order valence-corrected chi connectivity index (χ2v) is 8.33. The predicted molar refractivity (Wildman–Crippen MR) is 126 cm³/mol. The number of hydrogen-bond donors (Lipinski definition) is 1. The van der Waals surface area contributed by atoms with E-state index in [-0.39, 0.29) is 31.7 Å². The van der Waals surface area contributed by atoms with Gasteiger partial charge in [-0.1, -0.05) is 35.9 Å². The van der Waals surface area contributed by atoms with Gasteiger partial charge in [-0.3, -0.25) is 9.59 Å². The van der Waals surface area contributed by atoms with Gasteiger partial charge in [0.15, 0.2) is 5.92 Å². The SMILES string of the molecule is CCOC(=O)C(C[C@H]1C[C@@H](c2ccc(NCc3cccc(C)c3)nc2)CCO1)C(=O)OCC. The average molecular weight is 455 g/mol. The van der Waals surface area contributed by atoms with E-state index in [0.717, 1.165) is 24.3 Å². The standard InChI is InChI=1S/C26H34N2O5/c1-4-31-25(29)23(26(30)32-5-2)15-22-14-20(11-12-33-22)21-9-10-24(28-17-21)27-16-19-8-6-7-18(3)13-19/h6-10,13,17,20,22-23H,4-5,11-12,14-16H2,1-3H3,(H,27,28)/t20-,22+/m0/s1. The van der Waals surface area contributed by atoms with Crippen molar-refractivity contribution in [1.82, 2.24) is 4.98 Å². The molecule has 2 aromatic rings. The van der Waals surface area contributed by atoms with Crippen LogP contribution in [0.4, 0.5) is 5.82 Å². The number of ether oxygens (including phenoxy) is 3. The molecule has 1 aromatic heterocycles. The monoisotopic (exact) mass is 454 g/mol. The minimum Gasteiger partial charge on any atom is -0.465 e. The number of carbonyl (C=O) groups is 2. The first kappa shape index (κ1) is 24.7. The van der Waals surface area contributed by atoms with E-state index in [2.05, 4.69) is 47.6 Å². The second-order valence-electron chi connectivity index (χ2n) is 8.33. The molecule has 2 heterocycles. The topological polar surface area (TPSA) is 86.8 Å². The van der Waals surface area contributed by atoms with E-state index in [4.69, 9.17) is 14.2 Å². The zero-order valence-electron chi connectivity index (χ0n) is 19.7. The van der Waals surface area contributed by atoms with Gasteiger partial charge in [0, 0.05) is 19.3 Å².